The van der Waals surface area contributed by atoms with Crippen molar-refractivity contribution < 1.29 is 87.6 Å². The first-order valence-corrected chi connectivity index (χ1v) is 33.6. The third kappa shape index (κ3) is 15.5. The third-order valence-electron chi connectivity index (χ3n) is 19.2. The summed E-state index contributed by atoms with van der Waals surface area (Å²) < 4.78 is 32.2. The van der Waals surface area contributed by atoms with Crippen molar-refractivity contribution in [1.29, 1.82) is 0 Å². The van der Waals surface area contributed by atoms with E-state index in [-0.39, 0.29) is 91.6 Å². The fraction of sp³-hybridized carbons (Fsp3) is 0.443. The second-order valence-corrected chi connectivity index (χ2v) is 28.2. The van der Waals surface area contributed by atoms with Crippen LogP contribution in [0.1, 0.15) is 108 Å². The van der Waals surface area contributed by atoms with Crippen molar-refractivity contribution in [2.75, 3.05) is 68.1 Å². The van der Waals surface area contributed by atoms with E-state index in [4.69, 9.17) is 33.8 Å². The summed E-state index contributed by atoms with van der Waals surface area (Å²) in [5.41, 5.74) is 5.11. The Morgan fingerprint density at radius 2 is 1.57 bits per heavy atom. The lowest BCUT2D eigenvalue weighted by Gasteiger charge is -2.69. The normalized spacial score (nSPS) is 25.3. The number of nitrogens with zero attached hydrogens (tertiary/aromatic N) is 6. The highest BCUT2D eigenvalue weighted by Gasteiger charge is 2.66. The molecule has 99 heavy (non-hydrogen) atoms. The van der Waals surface area contributed by atoms with Crippen LogP contribution >= 0.6 is 11.3 Å². The summed E-state index contributed by atoms with van der Waals surface area (Å²) in [5.74, 6) is -4.94. The molecule has 9 N–H and O–H groups in total. The Hall–Kier alpha value is -9.49. The number of hydrogen-bond donors (Lipinski definition) is 9. The zero-order chi connectivity index (χ0) is 70.0. The van der Waals surface area contributed by atoms with E-state index < -0.39 is 78.0 Å². The first-order chi connectivity index (χ1) is 47.4. The number of imide groups is 1. The van der Waals surface area contributed by atoms with Gasteiger partial charge >= 0.3 is 18.0 Å². The van der Waals surface area contributed by atoms with Crippen molar-refractivity contribution in [3.05, 3.63) is 131 Å². The number of aromatic nitrogens is 4. The Morgan fingerprint density at radius 1 is 0.788 bits per heavy atom. The molecule has 0 spiro atoms. The largest absolute Gasteiger partial charge is 0.479 e. The number of aliphatic hydroxyl groups excluding tert-OH is 3. The fourth-order valence-corrected chi connectivity index (χ4v) is 16.9. The van der Waals surface area contributed by atoms with E-state index in [0.717, 1.165) is 82.6 Å². The molecule has 4 bridgehead atoms. The Kier molecular flexibility index (Phi) is 20.2. The van der Waals surface area contributed by atoms with E-state index in [1.807, 2.05) is 65.0 Å². The summed E-state index contributed by atoms with van der Waals surface area (Å²) in [4.78, 5) is 113. The van der Waals surface area contributed by atoms with Gasteiger partial charge in [-0.3, -0.25) is 38.9 Å². The van der Waals surface area contributed by atoms with Crippen molar-refractivity contribution in [2.24, 2.45) is 16.2 Å². The molecule has 0 radical (unpaired) electrons. The van der Waals surface area contributed by atoms with E-state index in [0.29, 0.717) is 65.9 Å². The highest BCUT2D eigenvalue weighted by molar-refractivity contribution is 7.22. The van der Waals surface area contributed by atoms with Gasteiger partial charge in [0.15, 0.2) is 16.9 Å². The maximum atomic E-state index is 13.8. The Balaban J connectivity index is 0.611. The minimum Gasteiger partial charge on any atom is -0.479 e. The monoisotopic (exact) mass is 1380 g/mol. The number of aliphatic carboxylic acids is 1. The molecule has 4 aliphatic carbocycles. The molecule has 5 fully saturated rings. The van der Waals surface area contributed by atoms with Gasteiger partial charge in [0.05, 0.1) is 47.5 Å². The summed E-state index contributed by atoms with van der Waals surface area (Å²) in [6, 6.07) is 21.4. The molecule has 29 heteroatoms. The van der Waals surface area contributed by atoms with Gasteiger partial charge in [-0.15, -0.1) is 0 Å². The maximum absolute atomic E-state index is 13.8. The number of amides is 6. The smallest absolute Gasteiger partial charge is 0.407 e. The van der Waals surface area contributed by atoms with Crippen molar-refractivity contribution in [2.45, 2.75) is 128 Å². The third-order valence-corrected chi connectivity index (χ3v) is 20.2. The zero-order valence-electron chi connectivity index (χ0n) is 54.8. The van der Waals surface area contributed by atoms with Gasteiger partial charge in [-0.25, -0.2) is 24.4 Å². The number of anilines is 3. The van der Waals surface area contributed by atoms with E-state index in [1.165, 1.54) is 35.6 Å². The Labute approximate surface area is 572 Å². The van der Waals surface area contributed by atoms with Crippen molar-refractivity contribution in [3.8, 4) is 16.9 Å². The van der Waals surface area contributed by atoms with Crippen LogP contribution in [-0.4, -0.2) is 187 Å². The van der Waals surface area contributed by atoms with Crippen molar-refractivity contribution in [1.82, 2.24) is 35.3 Å². The molecule has 3 aliphatic heterocycles. The number of thiazole rings is 1. The molecule has 3 aromatic carbocycles. The molecule has 7 atom stereocenters. The zero-order valence-corrected chi connectivity index (χ0v) is 55.6. The van der Waals surface area contributed by atoms with Gasteiger partial charge in [0.25, 0.3) is 17.7 Å². The number of carboxylic acids is 2. The van der Waals surface area contributed by atoms with Crippen molar-refractivity contribution in [3.63, 3.8) is 0 Å². The topological polar surface area (TPSA) is 382 Å². The summed E-state index contributed by atoms with van der Waals surface area (Å²) >= 11 is 1.41. The summed E-state index contributed by atoms with van der Waals surface area (Å²) in [5, 5.41) is 67.7. The minimum atomic E-state index is -1.98. The summed E-state index contributed by atoms with van der Waals surface area (Å²) in [7, 11) is 0. The fourth-order valence-electron chi connectivity index (χ4n) is 16.0. The van der Waals surface area contributed by atoms with Crippen LogP contribution in [-0.2, 0) is 62.4 Å². The number of nitrogens with one attached hydrogen (secondary N) is 4. The number of hydrogen-bond acceptors (Lipinski definition) is 21. The first kappa shape index (κ1) is 69.4. The lowest BCUT2D eigenvalue weighted by atomic mass is 9.39. The second-order valence-electron chi connectivity index (χ2n) is 27.1. The van der Waals surface area contributed by atoms with Gasteiger partial charge < -0.3 is 70.1 Å². The number of aliphatic hydroxyl groups is 3. The molecular formula is C70H78N10O18S. The number of alkyl carbamates (subject to hydrolysis) is 1. The predicted octanol–water partition coefficient (Wildman–Crippen LogP) is 6.00. The average Bonchev–Trinajstić information content (AvgIpc) is 1.45. The quantitative estimate of drug-likeness (QED) is 0.0211. The number of fused-ring (bicyclic) bond motifs is 2. The number of ether oxygens (including phenoxy) is 5. The number of aromatic carboxylic acids is 1. The van der Waals surface area contributed by atoms with Crippen LogP contribution in [0.2, 0.25) is 0 Å². The van der Waals surface area contributed by atoms with Crippen LogP contribution in [0.4, 0.5) is 21.4 Å². The standard InChI is InChI=1S/C70H78N10O18S/c1-40-45(43-14-16-51(76-56(43)62(89)90)78-24-20-42-9-6-10-44(46(42)32-78)61(88)77-65-75-47-11-4-5-12-50(47)99-65)31-73-80(40)39-69-34-67(2)33-68(3,35-69)37-70(36-67,38-69)96-29-28-94-27-23-72-66(93)95-26-7-8-41-13-15-49(97-64-59(87)57(85)58(86)60(98-64)63(91)92)48(30-41)74-53(82)19-22-71-52(81)21-25-79-54(83)17-18-55(79)84/h4-18,30-31,57-60,64,85-87H,19-29,32-39H2,1-3H3,(H,71,81)(H,72,93)(H,74,82)(H,89,90)(H,91,92)(H,75,77,88)/b8-7+/t57-,58-,59-,60-,64?,67?,68?,69?,70?/m0/s1. The molecule has 13 rings (SSSR count). The van der Waals surface area contributed by atoms with E-state index >= 15 is 0 Å². The minimum absolute atomic E-state index is 0.0119. The van der Waals surface area contributed by atoms with Crippen LogP contribution in [0, 0.1) is 23.2 Å². The van der Waals surface area contributed by atoms with E-state index in [2.05, 4.69) is 40.1 Å². The molecule has 6 amide bonds. The van der Waals surface area contributed by atoms with Gasteiger partial charge in [-0.1, -0.05) is 61.6 Å². The molecule has 1 saturated heterocycles. The lowest BCUT2D eigenvalue weighted by molar-refractivity contribution is -0.271. The maximum Gasteiger partial charge on any atom is 0.407 e. The number of carboxylic acid groups (broad SMARTS) is 2. The van der Waals surface area contributed by atoms with Crippen LogP contribution in [0.5, 0.6) is 5.75 Å². The Bertz CT molecular complexity index is 4140. The van der Waals surface area contributed by atoms with Gasteiger partial charge in [0, 0.05) is 86.6 Å². The molecule has 3 unspecified atom stereocenters. The molecular weight excluding hydrogens is 1300 g/mol. The number of para-hydroxylation sites is 1. The number of rotatable bonds is 27. The van der Waals surface area contributed by atoms with Crippen molar-refractivity contribution >= 4 is 91.8 Å². The summed E-state index contributed by atoms with van der Waals surface area (Å²) in [6.45, 7) is 8.76. The van der Waals surface area contributed by atoms with Crippen LogP contribution in [0.3, 0.4) is 0 Å². The number of pyridine rings is 1. The summed E-state index contributed by atoms with van der Waals surface area (Å²) in [6.07, 6.45) is 2.58. The molecule has 6 aromatic rings. The number of benzene rings is 3. The SMILES string of the molecule is Cc1c(-c2ccc(N3CCc4cccc(C(=O)Nc5nc6ccccc6s5)c4C3)nc2C(=O)O)cnn1CC12CC3(C)CC(C)(C1)CC(OCCOCCNC(=O)OC/C=C/c1ccc(OC4O[C@H](C(=O)O)[C@@H](O)[C@H](O)[C@@H]4O)c(NC(=O)CCNC(=O)CCN4C(=O)C=CC4=O)c1)(C3)C2. The number of carbonyl (C=O) groups is 8. The van der Waals surface area contributed by atoms with Crippen LogP contribution in [0.25, 0.3) is 27.4 Å². The average molecular weight is 1380 g/mol. The highest BCUT2D eigenvalue weighted by Crippen LogP contribution is 2.72. The van der Waals surface area contributed by atoms with Crippen LogP contribution < -0.4 is 30.9 Å². The van der Waals surface area contributed by atoms with E-state index in [1.54, 1.807) is 18.3 Å². The Morgan fingerprint density at radius 3 is 2.32 bits per heavy atom. The molecule has 522 valence electrons. The highest BCUT2D eigenvalue weighted by atomic mass is 32.1. The van der Waals surface area contributed by atoms with Gasteiger partial charge in [-0.2, -0.15) is 5.10 Å². The first-order valence-electron chi connectivity index (χ1n) is 32.8. The van der Waals surface area contributed by atoms with Gasteiger partial charge in [0.1, 0.15) is 36.5 Å². The molecule has 4 saturated carbocycles. The predicted molar refractivity (Wildman–Crippen MR) is 358 cm³/mol. The molecule has 6 heterocycles. The number of carbonyl (C=O) groups excluding carboxylic acids is 6. The van der Waals surface area contributed by atoms with E-state index in [9.17, 15) is 63.9 Å². The molecule has 7 aliphatic rings. The molecule has 28 nitrogen and oxygen atoms in total. The molecule has 3 aromatic heterocycles. The second kappa shape index (κ2) is 28.8. The lowest BCUT2D eigenvalue weighted by Crippen LogP contribution is -2.64. The van der Waals surface area contributed by atoms with Crippen LogP contribution in [0.15, 0.2) is 97.2 Å². The van der Waals surface area contributed by atoms with Gasteiger partial charge in [-0.05, 0) is 133 Å². The van der Waals surface area contributed by atoms with Gasteiger partial charge in [0.2, 0.25) is 18.1 Å².